The van der Waals surface area contributed by atoms with Gasteiger partial charge >= 0.3 is 0 Å². The minimum Gasteiger partial charge on any atom is -0.355 e. The molecule has 0 aromatic carbocycles. The van der Waals surface area contributed by atoms with E-state index in [0.29, 0.717) is 65.4 Å². The molecule has 1 aliphatic carbocycles. The van der Waals surface area contributed by atoms with Crippen molar-refractivity contribution in [3.05, 3.63) is 45.2 Å². The van der Waals surface area contributed by atoms with E-state index >= 15 is 0 Å². The van der Waals surface area contributed by atoms with Crippen LogP contribution in [0.3, 0.4) is 0 Å². The maximum Gasteiger partial charge on any atom is 0.267 e. The number of amides is 1. The standard InChI is InChI=1S/C24H26N4O4S2/c29-21-17(15-18-22(30)28(23(33)34-18)16-5-1-2-6-16)20(25-19-7-3-4-10-27(19)21)26-11-8-24(9-12-26)31-13-14-32-24/h3-4,7,10,15-16H,1-2,5-6,8-9,11-14H2. The van der Waals surface area contributed by atoms with Gasteiger partial charge in [0, 0.05) is 38.2 Å². The first-order valence-corrected chi connectivity index (χ1v) is 13.1. The zero-order chi connectivity index (χ0) is 23.3. The van der Waals surface area contributed by atoms with Gasteiger partial charge in [-0.25, -0.2) is 4.98 Å². The smallest absolute Gasteiger partial charge is 0.267 e. The van der Waals surface area contributed by atoms with Crippen LogP contribution in [0, 0.1) is 0 Å². The SMILES string of the molecule is O=C1C(=Cc2c(N3CCC4(CC3)OCCO4)nc3ccccn3c2=O)SC(=S)N1C1CCCC1. The van der Waals surface area contributed by atoms with Crippen LogP contribution in [-0.2, 0) is 14.3 Å². The molecule has 2 aromatic rings. The molecule has 6 rings (SSSR count). The maximum atomic E-state index is 13.6. The van der Waals surface area contributed by atoms with Crippen LogP contribution in [0.15, 0.2) is 34.1 Å². The van der Waals surface area contributed by atoms with Crippen LogP contribution < -0.4 is 10.5 Å². The molecule has 2 aromatic heterocycles. The molecule has 34 heavy (non-hydrogen) atoms. The van der Waals surface area contributed by atoms with Gasteiger partial charge in [-0.2, -0.15) is 0 Å². The van der Waals surface area contributed by atoms with Crippen molar-refractivity contribution in [3.63, 3.8) is 0 Å². The molecule has 3 aliphatic heterocycles. The maximum absolute atomic E-state index is 13.6. The van der Waals surface area contributed by atoms with E-state index in [2.05, 4.69) is 4.90 Å². The summed E-state index contributed by atoms with van der Waals surface area (Å²) >= 11 is 6.85. The summed E-state index contributed by atoms with van der Waals surface area (Å²) in [4.78, 5) is 36.1. The summed E-state index contributed by atoms with van der Waals surface area (Å²) in [5.41, 5.74) is 0.798. The molecule has 0 N–H and O–H groups in total. The summed E-state index contributed by atoms with van der Waals surface area (Å²) < 4.78 is 13.8. The number of thioether (sulfide) groups is 1. The van der Waals surface area contributed by atoms with E-state index < -0.39 is 5.79 Å². The number of thiocarbonyl (C=S) groups is 1. The lowest BCUT2D eigenvalue weighted by Gasteiger charge is -2.38. The Labute approximate surface area is 206 Å². The summed E-state index contributed by atoms with van der Waals surface area (Å²) in [5.74, 6) is -0.0300. The molecular weight excluding hydrogens is 472 g/mol. The van der Waals surface area contributed by atoms with Crippen molar-refractivity contribution in [1.82, 2.24) is 14.3 Å². The fourth-order valence-electron chi connectivity index (χ4n) is 5.39. The van der Waals surface area contributed by atoms with Gasteiger partial charge in [-0.1, -0.05) is 42.9 Å². The minimum atomic E-state index is -0.522. The number of nitrogens with zero attached hydrogens (tertiary/aromatic N) is 4. The van der Waals surface area contributed by atoms with Gasteiger partial charge in [-0.05, 0) is 31.1 Å². The molecule has 1 saturated carbocycles. The number of aromatic nitrogens is 2. The number of piperidine rings is 1. The second-order valence-electron chi connectivity index (χ2n) is 9.17. The Hall–Kier alpha value is -2.27. The Kier molecular flexibility index (Phi) is 5.71. The average Bonchev–Trinajstić information content (AvgIpc) is 3.59. The van der Waals surface area contributed by atoms with Crippen molar-refractivity contribution in [2.45, 2.75) is 50.4 Å². The molecule has 1 spiro atoms. The van der Waals surface area contributed by atoms with E-state index in [4.69, 9.17) is 26.7 Å². The molecule has 0 unspecified atom stereocenters. The number of hydrogen-bond acceptors (Lipinski definition) is 8. The first kappa shape index (κ1) is 22.2. The zero-order valence-electron chi connectivity index (χ0n) is 18.8. The Bertz CT molecular complexity index is 1240. The number of carbonyl (C=O) groups excluding carboxylic acids is 1. The Morgan fingerprint density at radius 3 is 2.59 bits per heavy atom. The number of rotatable bonds is 3. The van der Waals surface area contributed by atoms with Gasteiger partial charge in [0.05, 0.1) is 23.7 Å². The molecule has 0 bridgehead atoms. The molecule has 1 amide bonds. The third kappa shape index (κ3) is 3.77. The van der Waals surface area contributed by atoms with Crippen molar-refractivity contribution in [2.24, 2.45) is 0 Å². The predicted octanol–water partition coefficient (Wildman–Crippen LogP) is 3.18. The lowest BCUT2D eigenvalue weighted by atomic mass is 10.0. The predicted molar refractivity (Wildman–Crippen MR) is 135 cm³/mol. The summed E-state index contributed by atoms with van der Waals surface area (Å²) in [6.07, 6.45) is 9.00. The Morgan fingerprint density at radius 1 is 1.12 bits per heavy atom. The quantitative estimate of drug-likeness (QED) is 0.472. The van der Waals surface area contributed by atoms with E-state index in [-0.39, 0.29) is 17.5 Å². The summed E-state index contributed by atoms with van der Waals surface area (Å²) in [7, 11) is 0. The van der Waals surface area contributed by atoms with Crippen LogP contribution in [0.5, 0.6) is 0 Å². The largest absolute Gasteiger partial charge is 0.355 e. The summed E-state index contributed by atoms with van der Waals surface area (Å²) in [6.45, 7) is 2.53. The minimum absolute atomic E-state index is 0.101. The molecule has 0 atom stereocenters. The van der Waals surface area contributed by atoms with Crippen LogP contribution in [0.4, 0.5) is 5.82 Å². The first-order chi connectivity index (χ1) is 16.5. The second-order valence-corrected chi connectivity index (χ2v) is 10.8. The van der Waals surface area contributed by atoms with Gasteiger partial charge < -0.3 is 14.4 Å². The summed E-state index contributed by atoms with van der Waals surface area (Å²) in [6, 6.07) is 5.66. The van der Waals surface area contributed by atoms with Crippen LogP contribution >= 0.6 is 24.0 Å². The molecule has 4 aliphatic rings. The molecule has 178 valence electrons. The lowest BCUT2D eigenvalue weighted by molar-refractivity contribution is -0.169. The van der Waals surface area contributed by atoms with E-state index in [1.807, 2.05) is 12.1 Å². The van der Waals surface area contributed by atoms with E-state index in [1.54, 1.807) is 23.2 Å². The lowest BCUT2D eigenvalue weighted by Crippen LogP contribution is -2.46. The summed E-state index contributed by atoms with van der Waals surface area (Å²) in [5, 5.41) is 0. The third-order valence-electron chi connectivity index (χ3n) is 7.18. The van der Waals surface area contributed by atoms with Crippen LogP contribution in [0.25, 0.3) is 11.7 Å². The van der Waals surface area contributed by atoms with Crippen molar-refractivity contribution in [3.8, 4) is 0 Å². The van der Waals surface area contributed by atoms with Gasteiger partial charge in [0.25, 0.3) is 11.5 Å². The van der Waals surface area contributed by atoms with E-state index in [0.717, 1.165) is 25.7 Å². The zero-order valence-corrected chi connectivity index (χ0v) is 20.4. The van der Waals surface area contributed by atoms with Crippen molar-refractivity contribution in [2.75, 3.05) is 31.2 Å². The van der Waals surface area contributed by atoms with E-state index in [1.165, 1.54) is 16.2 Å². The topological polar surface area (TPSA) is 76.4 Å². The molecule has 8 nitrogen and oxygen atoms in total. The molecular formula is C24H26N4O4S2. The molecule has 3 saturated heterocycles. The van der Waals surface area contributed by atoms with Crippen LogP contribution in [0.1, 0.15) is 44.1 Å². The highest BCUT2D eigenvalue weighted by Gasteiger charge is 2.41. The van der Waals surface area contributed by atoms with Gasteiger partial charge in [0.15, 0.2) is 5.79 Å². The highest BCUT2D eigenvalue weighted by Crippen LogP contribution is 2.39. The molecule has 0 radical (unpaired) electrons. The Balaban J connectivity index is 1.39. The monoisotopic (exact) mass is 498 g/mol. The number of fused-ring (bicyclic) bond motifs is 1. The van der Waals surface area contributed by atoms with Crippen molar-refractivity contribution in [1.29, 1.82) is 0 Å². The van der Waals surface area contributed by atoms with Crippen LogP contribution in [0.2, 0.25) is 0 Å². The van der Waals surface area contributed by atoms with Gasteiger partial charge in [-0.15, -0.1) is 0 Å². The number of anilines is 1. The fourth-order valence-corrected chi connectivity index (χ4v) is 6.77. The van der Waals surface area contributed by atoms with Crippen molar-refractivity contribution >= 4 is 51.7 Å². The highest BCUT2D eigenvalue weighted by molar-refractivity contribution is 8.26. The molecule has 5 heterocycles. The number of hydrogen-bond donors (Lipinski definition) is 0. The Morgan fingerprint density at radius 2 is 1.85 bits per heavy atom. The van der Waals surface area contributed by atoms with Gasteiger partial charge in [-0.3, -0.25) is 18.9 Å². The van der Waals surface area contributed by atoms with Gasteiger partial charge in [0.2, 0.25) is 0 Å². The normalized spacial score (nSPS) is 24.4. The van der Waals surface area contributed by atoms with Crippen LogP contribution in [-0.4, -0.2) is 62.6 Å². The number of pyridine rings is 1. The second kappa shape index (κ2) is 8.75. The van der Waals surface area contributed by atoms with Crippen molar-refractivity contribution < 1.29 is 14.3 Å². The molecule has 4 fully saturated rings. The molecule has 10 heteroatoms. The fraction of sp³-hybridized carbons (Fsp3) is 0.500. The third-order valence-corrected chi connectivity index (χ3v) is 8.51. The average molecular weight is 499 g/mol. The highest BCUT2D eigenvalue weighted by atomic mass is 32.2. The number of carbonyl (C=O) groups is 1. The van der Waals surface area contributed by atoms with E-state index in [9.17, 15) is 9.59 Å². The first-order valence-electron chi connectivity index (χ1n) is 11.9. The van der Waals surface area contributed by atoms with Gasteiger partial charge in [0.1, 0.15) is 15.8 Å². The number of ether oxygens (including phenoxy) is 2.